The molecule has 1 atom stereocenters. The van der Waals surface area contributed by atoms with Crippen LogP contribution < -0.4 is 10.4 Å². The molecule has 1 amide bonds. The number of likely N-dealkylation sites (tertiary alicyclic amines) is 1. The Morgan fingerprint density at radius 2 is 2.21 bits per heavy atom. The van der Waals surface area contributed by atoms with Crippen LogP contribution in [-0.4, -0.2) is 29.4 Å². The van der Waals surface area contributed by atoms with Gasteiger partial charge in [0, 0.05) is 30.4 Å². The molecule has 0 bridgehead atoms. The lowest BCUT2D eigenvalue weighted by atomic mass is 10.0. The number of amides is 1. The Bertz CT molecular complexity index is 1080. The topological polar surface area (TPSA) is 72.6 Å². The Hall–Kier alpha value is -3.15. The molecule has 0 radical (unpaired) electrons. The van der Waals surface area contributed by atoms with Crippen molar-refractivity contribution >= 4 is 16.9 Å². The van der Waals surface area contributed by atoms with E-state index < -0.39 is 5.63 Å². The van der Waals surface area contributed by atoms with Crippen molar-refractivity contribution in [1.82, 2.24) is 9.88 Å². The second kappa shape index (κ2) is 7.46. The van der Waals surface area contributed by atoms with Gasteiger partial charge in [0.15, 0.2) is 0 Å². The number of pyridine rings is 1. The number of ether oxygens (including phenoxy) is 1. The molecule has 6 heteroatoms. The van der Waals surface area contributed by atoms with Crippen LogP contribution in [0.15, 0.2) is 51.9 Å². The Morgan fingerprint density at radius 3 is 2.96 bits per heavy atom. The molecule has 0 saturated carbocycles. The van der Waals surface area contributed by atoms with Crippen molar-refractivity contribution in [2.45, 2.75) is 32.2 Å². The summed E-state index contributed by atoms with van der Waals surface area (Å²) in [5.41, 5.74) is 2.22. The average Bonchev–Trinajstić information content (AvgIpc) is 3.21. The molecule has 1 aromatic carbocycles. The maximum atomic E-state index is 13.0. The van der Waals surface area contributed by atoms with Gasteiger partial charge >= 0.3 is 5.63 Å². The summed E-state index contributed by atoms with van der Waals surface area (Å²) in [6.07, 6.45) is 5.41. The molecule has 6 nitrogen and oxygen atoms in total. The Balaban J connectivity index is 1.64. The number of fused-ring (bicyclic) bond motifs is 1. The number of nitrogens with zero attached hydrogens (tertiary/aromatic N) is 2. The fraction of sp³-hybridized carbons (Fsp3) is 0.318. The van der Waals surface area contributed by atoms with Crippen LogP contribution in [0.1, 0.15) is 35.6 Å². The summed E-state index contributed by atoms with van der Waals surface area (Å²) < 4.78 is 10.7. The zero-order valence-electron chi connectivity index (χ0n) is 16.0. The first-order valence-electron chi connectivity index (χ1n) is 9.38. The van der Waals surface area contributed by atoms with Gasteiger partial charge in [-0.15, -0.1) is 0 Å². The average molecular weight is 378 g/mol. The highest BCUT2D eigenvalue weighted by Gasteiger charge is 2.31. The van der Waals surface area contributed by atoms with Crippen LogP contribution in [0.2, 0.25) is 0 Å². The van der Waals surface area contributed by atoms with Gasteiger partial charge in [-0.05, 0) is 49.1 Å². The van der Waals surface area contributed by atoms with Gasteiger partial charge in [0.05, 0.1) is 25.1 Å². The molecule has 4 rings (SSSR count). The number of benzene rings is 1. The molecule has 1 unspecified atom stereocenters. The van der Waals surface area contributed by atoms with Gasteiger partial charge in [-0.2, -0.15) is 0 Å². The van der Waals surface area contributed by atoms with E-state index in [4.69, 9.17) is 9.15 Å². The Kier molecular flexibility index (Phi) is 4.86. The third kappa shape index (κ3) is 3.26. The number of aromatic nitrogens is 1. The molecule has 144 valence electrons. The number of rotatable bonds is 4. The van der Waals surface area contributed by atoms with Crippen molar-refractivity contribution < 1.29 is 13.9 Å². The summed E-state index contributed by atoms with van der Waals surface area (Å²) in [5.74, 6) is 0.560. The lowest BCUT2D eigenvalue weighted by molar-refractivity contribution is -0.131. The molecule has 0 N–H and O–H groups in total. The second-order valence-corrected chi connectivity index (χ2v) is 7.06. The quantitative estimate of drug-likeness (QED) is 0.651. The predicted molar refractivity (Wildman–Crippen MR) is 105 cm³/mol. The number of methoxy groups -OCH3 is 1. The molecule has 28 heavy (non-hydrogen) atoms. The smallest absolute Gasteiger partial charge is 0.340 e. The molecule has 1 saturated heterocycles. The SMILES string of the molecule is COc1ccc2c(C)c(CC(=O)N3CCCC3c3cccnc3)c(=O)oc2c1. The maximum absolute atomic E-state index is 13.0. The third-order valence-electron chi connectivity index (χ3n) is 5.46. The molecular formula is C22H22N2O4. The molecule has 1 fully saturated rings. The minimum absolute atomic E-state index is 0.0123. The monoisotopic (exact) mass is 378 g/mol. The van der Waals surface area contributed by atoms with Gasteiger partial charge in [-0.25, -0.2) is 4.79 Å². The van der Waals surface area contributed by atoms with Crippen LogP contribution in [-0.2, 0) is 11.2 Å². The van der Waals surface area contributed by atoms with Gasteiger partial charge in [0.2, 0.25) is 5.91 Å². The van der Waals surface area contributed by atoms with Crippen molar-refractivity contribution in [3.8, 4) is 5.75 Å². The van der Waals surface area contributed by atoms with Crippen LogP contribution in [0.4, 0.5) is 0 Å². The highest BCUT2D eigenvalue weighted by molar-refractivity contribution is 5.85. The summed E-state index contributed by atoms with van der Waals surface area (Å²) in [6, 6.07) is 9.25. The summed E-state index contributed by atoms with van der Waals surface area (Å²) in [4.78, 5) is 31.6. The first-order valence-corrected chi connectivity index (χ1v) is 9.38. The number of aryl methyl sites for hydroxylation is 1. The van der Waals surface area contributed by atoms with E-state index in [1.54, 1.807) is 25.6 Å². The van der Waals surface area contributed by atoms with Crippen LogP contribution in [0.3, 0.4) is 0 Å². The molecule has 0 spiro atoms. The van der Waals surface area contributed by atoms with Gasteiger partial charge in [0.25, 0.3) is 0 Å². The summed E-state index contributed by atoms with van der Waals surface area (Å²) in [7, 11) is 1.56. The number of carbonyl (C=O) groups excluding carboxylic acids is 1. The van der Waals surface area contributed by atoms with Crippen LogP contribution in [0.5, 0.6) is 5.75 Å². The molecule has 2 aromatic heterocycles. The molecule has 3 aromatic rings. The molecule has 0 aliphatic carbocycles. The Morgan fingerprint density at radius 1 is 1.36 bits per heavy atom. The lowest BCUT2D eigenvalue weighted by Gasteiger charge is -2.25. The highest BCUT2D eigenvalue weighted by Crippen LogP contribution is 2.32. The van der Waals surface area contributed by atoms with Crippen molar-refractivity contribution in [1.29, 1.82) is 0 Å². The summed E-state index contributed by atoms with van der Waals surface area (Å²) in [5, 5.41) is 0.813. The van der Waals surface area contributed by atoms with Gasteiger partial charge < -0.3 is 14.1 Å². The van der Waals surface area contributed by atoms with Crippen LogP contribution in [0.25, 0.3) is 11.0 Å². The van der Waals surface area contributed by atoms with E-state index in [0.717, 1.165) is 29.4 Å². The number of hydrogen-bond acceptors (Lipinski definition) is 5. The summed E-state index contributed by atoms with van der Waals surface area (Å²) in [6.45, 7) is 2.55. The normalized spacial score (nSPS) is 16.5. The zero-order valence-corrected chi connectivity index (χ0v) is 16.0. The minimum atomic E-state index is -0.469. The van der Waals surface area contributed by atoms with E-state index in [9.17, 15) is 9.59 Å². The number of carbonyl (C=O) groups is 1. The zero-order chi connectivity index (χ0) is 19.7. The first-order chi connectivity index (χ1) is 13.6. The van der Waals surface area contributed by atoms with Gasteiger partial charge in [-0.1, -0.05) is 6.07 Å². The largest absolute Gasteiger partial charge is 0.497 e. The van der Waals surface area contributed by atoms with Crippen LogP contribution >= 0.6 is 0 Å². The van der Waals surface area contributed by atoms with Crippen molar-refractivity contribution in [3.05, 3.63) is 69.8 Å². The van der Waals surface area contributed by atoms with Crippen molar-refractivity contribution in [2.24, 2.45) is 0 Å². The van der Waals surface area contributed by atoms with Crippen molar-refractivity contribution in [3.63, 3.8) is 0 Å². The second-order valence-electron chi connectivity index (χ2n) is 7.06. The van der Waals surface area contributed by atoms with Gasteiger partial charge in [-0.3, -0.25) is 9.78 Å². The van der Waals surface area contributed by atoms with E-state index in [1.807, 2.05) is 36.1 Å². The molecular weight excluding hydrogens is 356 g/mol. The van der Waals surface area contributed by atoms with E-state index in [1.165, 1.54) is 0 Å². The van der Waals surface area contributed by atoms with E-state index in [-0.39, 0.29) is 18.4 Å². The van der Waals surface area contributed by atoms with E-state index in [0.29, 0.717) is 23.4 Å². The standard InChI is InChI=1S/C22H22N2O4/c1-14-17-8-7-16(27-2)11-20(17)28-22(26)18(14)12-21(25)24-10-4-6-19(24)15-5-3-9-23-13-15/h3,5,7-9,11,13,19H,4,6,10,12H2,1-2H3. The third-order valence-corrected chi connectivity index (χ3v) is 5.46. The van der Waals surface area contributed by atoms with Crippen molar-refractivity contribution in [2.75, 3.05) is 13.7 Å². The first kappa shape index (κ1) is 18.2. The molecule has 1 aliphatic heterocycles. The van der Waals surface area contributed by atoms with E-state index >= 15 is 0 Å². The highest BCUT2D eigenvalue weighted by atomic mass is 16.5. The minimum Gasteiger partial charge on any atom is -0.497 e. The molecule has 1 aliphatic rings. The lowest BCUT2D eigenvalue weighted by Crippen LogP contribution is -2.33. The fourth-order valence-corrected chi connectivity index (χ4v) is 3.94. The maximum Gasteiger partial charge on any atom is 0.340 e. The summed E-state index contributed by atoms with van der Waals surface area (Å²) >= 11 is 0. The predicted octanol–water partition coefficient (Wildman–Crippen LogP) is 3.41. The van der Waals surface area contributed by atoms with Gasteiger partial charge in [0.1, 0.15) is 11.3 Å². The molecule has 3 heterocycles. The van der Waals surface area contributed by atoms with Crippen LogP contribution in [0, 0.1) is 6.92 Å². The Labute approximate surface area is 162 Å². The fourth-order valence-electron chi connectivity index (χ4n) is 3.94. The van der Waals surface area contributed by atoms with E-state index in [2.05, 4.69) is 4.98 Å². The number of hydrogen-bond donors (Lipinski definition) is 0.